The van der Waals surface area contributed by atoms with Crippen LogP contribution in [0.15, 0.2) is 0 Å². The zero-order valence-electron chi connectivity index (χ0n) is 17.6. The minimum Gasteiger partial charge on any atom is -0.393 e. The first-order valence-electron chi connectivity index (χ1n) is 11.7. The fourth-order valence-corrected chi connectivity index (χ4v) is 8.91. The Labute approximate surface area is 161 Å². The van der Waals surface area contributed by atoms with E-state index in [0.717, 1.165) is 55.3 Å². The van der Waals surface area contributed by atoms with Gasteiger partial charge in [-0.25, -0.2) is 0 Å². The molecule has 0 radical (unpaired) electrons. The number of fused-ring (bicyclic) bond motifs is 5. The molecule has 10 atom stereocenters. The highest BCUT2D eigenvalue weighted by Crippen LogP contribution is 2.68. The van der Waals surface area contributed by atoms with Crippen LogP contribution in [0.4, 0.5) is 0 Å². The molecule has 0 bridgehead atoms. The van der Waals surface area contributed by atoms with Crippen LogP contribution in [0.1, 0.15) is 91.9 Å². The van der Waals surface area contributed by atoms with Crippen LogP contribution in [0.3, 0.4) is 0 Å². The second-order valence-electron chi connectivity index (χ2n) is 11.2. The van der Waals surface area contributed by atoms with Crippen molar-refractivity contribution in [2.45, 2.75) is 104 Å². The number of aliphatic hydroxyl groups excluding tert-OH is 2. The third-order valence-electron chi connectivity index (χ3n) is 10.2. The van der Waals surface area contributed by atoms with Crippen LogP contribution in [0.25, 0.3) is 0 Å². The Bertz CT molecular complexity index is 518. The van der Waals surface area contributed by atoms with Gasteiger partial charge < -0.3 is 10.2 Å². The van der Waals surface area contributed by atoms with E-state index in [1.807, 2.05) is 0 Å². The molecule has 26 heavy (non-hydrogen) atoms. The van der Waals surface area contributed by atoms with Gasteiger partial charge in [-0.1, -0.05) is 40.5 Å². The topological polar surface area (TPSA) is 40.5 Å². The average molecular weight is 363 g/mol. The molecular weight excluding hydrogens is 320 g/mol. The van der Waals surface area contributed by atoms with E-state index in [0.29, 0.717) is 11.3 Å². The van der Waals surface area contributed by atoms with Crippen LogP contribution in [0, 0.1) is 46.3 Å². The molecule has 0 aromatic rings. The summed E-state index contributed by atoms with van der Waals surface area (Å²) in [5.41, 5.74) is 0.767. The predicted octanol–water partition coefficient (Wildman–Crippen LogP) is 5.41. The number of hydrogen-bond acceptors (Lipinski definition) is 2. The van der Waals surface area contributed by atoms with Crippen LogP contribution in [-0.2, 0) is 0 Å². The smallest absolute Gasteiger partial charge is 0.0577 e. The van der Waals surface area contributed by atoms with Gasteiger partial charge in [0.15, 0.2) is 0 Å². The van der Waals surface area contributed by atoms with Gasteiger partial charge in [-0.2, -0.15) is 0 Å². The van der Waals surface area contributed by atoms with Crippen molar-refractivity contribution >= 4 is 0 Å². The van der Waals surface area contributed by atoms with Crippen LogP contribution in [-0.4, -0.2) is 22.4 Å². The minimum atomic E-state index is -0.189. The van der Waals surface area contributed by atoms with E-state index in [1.54, 1.807) is 0 Å². The van der Waals surface area contributed by atoms with Crippen molar-refractivity contribution in [1.29, 1.82) is 0 Å². The lowest BCUT2D eigenvalue weighted by atomic mass is 9.44. The number of hydrogen-bond donors (Lipinski definition) is 2. The molecule has 0 aromatic carbocycles. The van der Waals surface area contributed by atoms with E-state index in [-0.39, 0.29) is 17.6 Å². The second-order valence-corrected chi connectivity index (χ2v) is 11.2. The Morgan fingerprint density at radius 2 is 1.58 bits per heavy atom. The molecule has 0 heterocycles. The summed E-state index contributed by atoms with van der Waals surface area (Å²) in [6.07, 6.45) is 11.8. The van der Waals surface area contributed by atoms with E-state index in [4.69, 9.17) is 0 Å². The van der Waals surface area contributed by atoms with Crippen molar-refractivity contribution in [3.05, 3.63) is 0 Å². The zero-order chi connectivity index (χ0) is 18.7. The van der Waals surface area contributed by atoms with Gasteiger partial charge in [0.2, 0.25) is 0 Å². The third-order valence-corrected chi connectivity index (χ3v) is 10.2. The highest BCUT2D eigenvalue weighted by Gasteiger charge is 2.62. The molecule has 4 fully saturated rings. The highest BCUT2D eigenvalue weighted by molar-refractivity contribution is 5.11. The summed E-state index contributed by atoms with van der Waals surface area (Å²) in [6.45, 7) is 9.92. The van der Waals surface area contributed by atoms with Gasteiger partial charge >= 0.3 is 0 Å². The standard InChI is InChI=1S/C24H42O2/c1-5-6-15(2)18-7-8-19-17-14-22(26)21-13-16(25)9-11-24(21,4)20(17)10-12-23(18,19)3/h15-22,25-26H,5-14H2,1-4H3/t15-,16-,17+,18-,19+,20+,21+,22+,23-,24-/m1/s1. The van der Waals surface area contributed by atoms with Crippen molar-refractivity contribution in [2.75, 3.05) is 0 Å². The molecule has 2 nitrogen and oxygen atoms in total. The summed E-state index contributed by atoms with van der Waals surface area (Å²) < 4.78 is 0. The maximum Gasteiger partial charge on any atom is 0.0577 e. The van der Waals surface area contributed by atoms with Crippen LogP contribution in [0.5, 0.6) is 0 Å². The first-order chi connectivity index (χ1) is 12.3. The lowest BCUT2D eigenvalue weighted by Gasteiger charge is -2.62. The normalized spacial score (nSPS) is 54.9. The van der Waals surface area contributed by atoms with Crippen molar-refractivity contribution in [2.24, 2.45) is 46.3 Å². The van der Waals surface area contributed by atoms with E-state index in [9.17, 15) is 10.2 Å². The molecule has 4 rings (SSSR count). The van der Waals surface area contributed by atoms with Crippen molar-refractivity contribution in [1.82, 2.24) is 0 Å². The van der Waals surface area contributed by atoms with E-state index < -0.39 is 0 Å². The predicted molar refractivity (Wildman–Crippen MR) is 107 cm³/mol. The molecule has 0 aromatic heterocycles. The SMILES string of the molecule is CCC[C@@H](C)[C@H]1CC[C@H]2[C@@H]3C[C@H](O)[C@@H]4C[C@H](O)CC[C@]4(C)[C@H]3CC[C@]12C. The number of aliphatic hydroxyl groups is 2. The molecule has 0 amide bonds. The summed E-state index contributed by atoms with van der Waals surface area (Å²) in [7, 11) is 0. The van der Waals surface area contributed by atoms with Gasteiger partial charge in [-0.15, -0.1) is 0 Å². The summed E-state index contributed by atoms with van der Waals surface area (Å²) >= 11 is 0. The Kier molecular flexibility index (Phi) is 5.01. The molecule has 0 unspecified atom stereocenters. The lowest BCUT2D eigenvalue weighted by Crippen LogP contribution is -2.58. The molecule has 0 aliphatic heterocycles. The van der Waals surface area contributed by atoms with Gasteiger partial charge in [0, 0.05) is 0 Å². The Balaban J connectivity index is 1.60. The first-order valence-corrected chi connectivity index (χ1v) is 11.7. The van der Waals surface area contributed by atoms with Gasteiger partial charge in [0.25, 0.3) is 0 Å². The van der Waals surface area contributed by atoms with Gasteiger partial charge in [-0.05, 0) is 97.7 Å². The van der Waals surface area contributed by atoms with Crippen molar-refractivity contribution in [3.8, 4) is 0 Å². The first kappa shape index (κ1) is 19.2. The highest BCUT2D eigenvalue weighted by atomic mass is 16.3. The Morgan fingerprint density at radius 1 is 0.885 bits per heavy atom. The third kappa shape index (κ3) is 2.72. The molecule has 150 valence electrons. The molecule has 4 aliphatic carbocycles. The largest absolute Gasteiger partial charge is 0.393 e. The summed E-state index contributed by atoms with van der Waals surface area (Å²) in [5, 5.41) is 21.3. The lowest BCUT2D eigenvalue weighted by molar-refractivity contribution is -0.172. The van der Waals surface area contributed by atoms with Gasteiger partial charge in [0.05, 0.1) is 12.2 Å². The number of rotatable bonds is 3. The quantitative estimate of drug-likeness (QED) is 0.704. The molecule has 2 N–H and O–H groups in total. The van der Waals surface area contributed by atoms with Crippen LogP contribution in [0.2, 0.25) is 0 Å². The fourth-order valence-electron chi connectivity index (χ4n) is 8.91. The Hall–Kier alpha value is -0.0800. The molecule has 0 saturated heterocycles. The average Bonchev–Trinajstić information content (AvgIpc) is 2.94. The Morgan fingerprint density at radius 3 is 2.31 bits per heavy atom. The molecule has 2 heteroatoms. The van der Waals surface area contributed by atoms with Crippen LogP contribution >= 0.6 is 0 Å². The summed E-state index contributed by atoms with van der Waals surface area (Å²) in [4.78, 5) is 0. The molecular formula is C24H42O2. The molecule has 0 spiro atoms. The summed E-state index contributed by atoms with van der Waals surface area (Å²) in [6, 6.07) is 0. The van der Waals surface area contributed by atoms with Gasteiger partial charge in [-0.3, -0.25) is 0 Å². The zero-order valence-corrected chi connectivity index (χ0v) is 17.6. The molecule has 4 saturated carbocycles. The van der Waals surface area contributed by atoms with Crippen molar-refractivity contribution in [3.63, 3.8) is 0 Å². The van der Waals surface area contributed by atoms with Gasteiger partial charge in [0.1, 0.15) is 0 Å². The van der Waals surface area contributed by atoms with E-state index in [2.05, 4.69) is 27.7 Å². The molecule has 4 aliphatic rings. The van der Waals surface area contributed by atoms with Crippen molar-refractivity contribution < 1.29 is 10.2 Å². The fraction of sp³-hybridized carbons (Fsp3) is 1.00. The van der Waals surface area contributed by atoms with E-state index in [1.165, 1.54) is 38.5 Å². The van der Waals surface area contributed by atoms with E-state index >= 15 is 0 Å². The summed E-state index contributed by atoms with van der Waals surface area (Å²) in [5.74, 6) is 4.40. The monoisotopic (exact) mass is 362 g/mol. The maximum absolute atomic E-state index is 11.1. The second kappa shape index (κ2) is 6.76. The maximum atomic E-state index is 11.1. The minimum absolute atomic E-state index is 0.182. The van der Waals surface area contributed by atoms with Crippen LogP contribution < -0.4 is 0 Å².